The highest BCUT2D eigenvalue weighted by molar-refractivity contribution is 9.11. The molecule has 0 bridgehead atoms. The molecule has 0 amide bonds. The first-order valence-electron chi connectivity index (χ1n) is 4.53. The first-order chi connectivity index (χ1) is 7.63. The van der Waals surface area contributed by atoms with E-state index < -0.39 is 0 Å². The molecule has 0 aliphatic rings. The summed E-state index contributed by atoms with van der Waals surface area (Å²) in [6.07, 6.45) is 0. The molecule has 0 unspecified atom stereocenters. The van der Waals surface area contributed by atoms with Gasteiger partial charge in [0.05, 0.1) is 5.33 Å². The predicted octanol–water partition coefficient (Wildman–Crippen LogP) is 3.90. The van der Waals surface area contributed by atoms with Crippen molar-refractivity contribution >= 4 is 47.8 Å². The first kappa shape index (κ1) is 12.3. The number of rotatable bonds is 2. The van der Waals surface area contributed by atoms with Crippen LogP contribution in [0.25, 0.3) is 11.4 Å². The summed E-state index contributed by atoms with van der Waals surface area (Å²) in [4.78, 5) is 0. The lowest BCUT2D eigenvalue weighted by Gasteiger charge is -2.05. The van der Waals surface area contributed by atoms with Crippen LogP contribution in [-0.2, 0) is 12.4 Å². The molecule has 0 radical (unpaired) electrons. The molecule has 2 rings (SSSR count). The zero-order valence-electron chi connectivity index (χ0n) is 8.41. The van der Waals surface area contributed by atoms with Gasteiger partial charge in [-0.25, -0.2) is 0 Å². The average Bonchev–Trinajstić information content (AvgIpc) is 2.60. The van der Waals surface area contributed by atoms with Crippen LogP contribution in [0.1, 0.15) is 5.82 Å². The third kappa shape index (κ3) is 2.24. The molecule has 6 heteroatoms. The molecular weight excluding hydrogens is 402 g/mol. The molecule has 16 heavy (non-hydrogen) atoms. The molecule has 3 nitrogen and oxygen atoms in total. The van der Waals surface area contributed by atoms with Crippen molar-refractivity contribution in [2.24, 2.45) is 7.05 Å². The van der Waals surface area contributed by atoms with Gasteiger partial charge in [0.2, 0.25) is 0 Å². The second-order valence-electron chi connectivity index (χ2n) is 3.26. The number of benzene rings is 1. The third-order valence-electron chi connectivity index (χ3n) is 2.26. The van der Waals surface area contributed by atoms with Crippen LogP contribution in [0.15, 0.2) is 27.1 Å². The molecule has 1 aromatic heterocycles. The van der Waals surface area contributed by atoms with E-state index in [2.05, 4.69) is 58.0 Å². The van der Waals surface area contributed by atoms with E-state index in [9.17, 15) is 0 Å². The monoisotopic (exact) mass is 407 g/mol. The van der Waals surface area contributed by atoms with Crippen molar-refractivity contribution in [3.63, 3.8) is 0 Å². The van der Waals surface area contributed by atoms with Gasteiger partial charge >= 0.3 is 0 Å². The zero-order chi connectivity index (χ0) is 11.7. The molecule has 0 N–H and O–H groups in total. The highest BCUT2D eigenvalue weighted by Gasteiger charge is 2.12. The first-order valence-corrected chi connectivity index (χ1v) is 7.24. The number of alkyl halides is 1. The van der Waals surface area contributed by atoms with Crippen molar-refractivity contribution in [1.29, 1.82) is 0 Å². The Balaban J connectivity index is 2.54. The van der Waals surface area contributed by atoms with Gasteiger partial charge in [0.15, 0.2) is 5.82 Å². The Morgan fingerprint density at radius 1 is 1.25 bits per heavy atom. The Labute approximate surface area is 119 Å². The summed E-state index contributed by atoms with van der Waals surface area (Å²) in [5.74, 6) is 1.76. The second-order valence-corrected chi connectivity index (χ2v) is 5.59. The largest absolute Gasteiger partial charge is 0.313 e. The minimum Gasteiger partial charge on any atom is -0.313 e. The molecule has 2 aromatic rings. The van der Waals surface area contributed by atoms with E-state index in [1.54, 1.807) is 0 Å². The van der Waals surface area contributed by atoms with Gasteiger partial charge in [0.1, 0.15) is 5.82 Å². The molecule has 1 aromatic carbocycles. The SMILES string of the molecule is Cn1c(CBr)nnc1-c1ccc(Br)cc1Br. The summed E-state index contributed by atoms with van der Waals surface area (Å²) in [5, 5.41) is 8.99. The van der Waals surface area contributed by atoms with Gasteiger partial charge in [-0.15, -0.1) is 10.2 Å². The van der Waals surface area contributed by atoms with Gasteiger partial charge in [0.25, 0.3) is 0 Å². The molecule has 0 spiro atoms. The topological polar surface area (TPSA) is 30.7 Å². The maximum atomic E-state index is 4.18. The number of aromatic nitrogens is 3. The summed E-state index contributed by atoms with van der Waals surface area (Å²) in [7, 11) is 1.96. The van der Waals surface area contributed by atoms with Crippen LogP contribution in [0.2, 0.25) is 0 Å². The minimum absolute atomic E-state index is 0.699. The Morgan fingerprint density at radius 3 is 2.56 bits per heavy atom. The van der Waals surface area contributed by atoms with Crippen LogP contribution in [0.4, 0.5) is 0 Å². The summed E-state index contributed by atoms with van der Waals surface area (Å²) in [5.41, 5.74) is 1.03. The predicted molar refractivity (Wildman–Crippen MR) is 74.5 cm³/mol. The standard InChI is InChI=1S/C10H8Br3N3/c1-16-9(5-11)14-15-10(16)7-3-2-6(12)4-8(7)13/h2-4H,5H2,1H3. The molecule has 0 aliphatic carbocycles. The van der Waals surface area contributed by atoms with Crippen LogP contribution in [0.3, 0.4) is 0 Å². The molecule has 84 valence electrons. The highest BCUT2D eigenvalue weighted by Crippen LogP contribution is 2.29. The summed E-state index contributed by atoms with van der Waals surface area (Å²) in [6, 6.07) is 6.00. The average molecular weight is 410 g/mol. The Kier molecular flexibility index (Phi) is 3.81. The third-order valence-corrected chi connectivity index (χ3v) is 3.91. The Bertz CT molecular complexity index is 522. The molecule has 1 heterocycles. The van der Waals surface area contributed by atoms with Gasteiger partial charge in [-0.3, -0.25) is 0 Å². The van der Waals surface area contributed by atoms with Crippen LogP contribution >= 0.6 is 47.8 Å². The normalized spacial score (nSPS) is 10.8. The van der Waals surface area contributed by atoms with E-state index in [4.69, 9.17) is 0 Å². The molecular formula is C10H8Br3N3. The smallest absolute Gasteiger partial charge is 0.164 e. The molecule has 0 saturated heterocycles. The van der Waals surface area contributed by atoms with Gasteiger partial charge in [0, 0.05) is 21.6 Å². The molecule has 0 atom stereocenters. The lowest BCUT2D eigenvalue weighted by Crippen LogP contribution is -1.97. The summed E-state index contributed by atoms with van der Waals surface area (Å²) >= 11 is 10.3. The lowest BCUT2D eigenvalue weighted by molar-refractivity contribution is 0.858. The van der Waals surface area contributed by atoms with Crippen LogP contribution < -0.4 is 0 Å². The minimum atomic E-state index is 0.699. The van der Waals surface area contributed by atoms with Crippen molar-refractivity contribution in [3.05, 3.63) is 33.0 Å². The maximum absolute atomic E-state index is 4.18. The van der Waals surface area contributed by atoms with E-state index in [0.717, 1.165) is 26.2 Å². The number of nitrogens with zero attached hydrogens (tertiary/aromatic N) is 3. The summed E-state index contributed by atoms with van der Waals surface area (Å²) < 4.78 is 4.01. The number of halogens is 3. The second kappa shape index (κ2) is 4.98. The molecule has 0 aliphatic heterocycles. The highest BCUT2D eigenvalue weighted by atomic mass is 79.9. The van der Waals surface area contributed by atoms with E-state index in [1.165, 1.54) is 0 Å². The zero-order valence-corrected chi connectivity index (χ0v) is 13.2. The summed E-state index contributed by atoms with van der Waals surface area (Å²) in [6.45, 7) is 0. The fourth-order valence-electron chi connectivity index (χ4n) is 1.38. The van der Waals surface area contributed by atoms with E-state index in [0.29, 0.717) is 5.33 Å². The number of hydrogen-bond acceptors (Lipinski definition) is 2. The van der Waals surface area contributed by atoms with Crippen molar-refractivity contribution in [2.45, 2.75) is 5.33 Å². The molecule has 0 fully saturated rings. The van der Waals surface area contributed by atoms with E-state index >= 15 is 0 Å². The van der Waals surface area contributed by atoms with Gasteiger partial charge < -0.3 is 4.57 Å². The molecule has 0 saturated carbocycles. The van der Waals surface area contributed by atoms with Crippen molar-refractivity contribution in [3.8, 4) is 11.4 Å². The fraction of sp³-hybridized carbons (Fsp3) is 0.200. The number of hydrogen-bond donors (Lipinski definition) is 0. The Hall–Kier alpha value is -0.200. The van der Waals surface area contributed by atoms with Gasteiger partial charge in [-0.2, -0.15) is 0 Å². The van der Waals surface area contributed by atoms with E-state index in [1.807, 2.05) is 29.8 Å². The lowest BCUT2D eigenvalue weighted by atomic mass is 10.2. The fourth-order valence-corrected chi connectivity index (χ4v) is 3.10. The maximum Gasteiger partial charge on any atom is 0.164 e. The van der Waals surface area contributed by atoms with Crippen molar-refractivity contribution < 1.29 is 0 Å². The van der Waals surface area contributed by atoms with Crippen LogP contribution in [0.5, 0.6) is 0 Å². The Morgan fingerprint density at radius 2 is 2.00 bits per heavy atom. The van der Waals surface area contributed by atoms with E-state index in [-0.39, 0.29) is 0 Å². The van der Waals surface area contributed by atoms with Gasteiger partial charge in [-0.05, 0) is 34.1 Å². The van der Waals surface area contributed by atoms with Crippen LogP contribution in [-0.4, -0.2) is 14.8 Å². The van der Waals surface area contributed by atoms with Gasteiger partial charge in [-0.1, -0.05) is 31.9 Å². The van der Waals surface area contributed by atoms with Crippen LogP contribution in [0, 0.1) is 0 Å². The van der Waals surface area contributed by atoms with Crippen molar-refractivity contribution in [2.75, 3.05) is 0 Å². The quantitative estimate of drug-likeness (QED) is 0.704. The van der Waals surface area contributed by atoms with Crippen molar-refractivity contribution in [1.82, 2.24) is 14.8 Å².